The third-order valence-electron chi connectivity index (χ3n) is 3.51. The van der Waals surface area contributed by atoms with Crippen molar-refractivity contribution in [2.24, 2.45) is 5.10 Å². The Morgan fingerprint density at radius 2 is 2.12 bits per heavy atom. The number of hydrazone groups is 1. The standard InChI is InChI=1S/C18H18N4O3/c1-3-24-14-8-6-13(7-9-14)12(2)19-22-18(23)16-11-15(20-21-16)17-5-4-10-25-17/h4-11H,3H2,1-2H3,(H,20,21)(H,22,23). The molecule has 0 fully saturated rings. The maximum atomic E-state index is 12.2. The van der Waals surface area contributed by atoms with Crippen molar-refractivity contribution >= 4 is 11.6 Å². The van der Waals surface area contributed by atoms with E-state index in [2.05, 4.69) is 20.7 Å². The van der Waals surface area contributed by atoms with Gasteiger partial charge in [0.2, 0.25) is 0 Å². The lowest BCUT2D eigenvalue weighted by Gasteiger charge is -2.05. The summed E-state index contributed by atoms with van der Waals surface area (Å²) < 4.78 is 10.7. The molecule has 2 N–H and O–H groups in total. The van der Waals surface area contributed by atoms with E-state index in [0.717, 1.165) is 11.3 Å². The number of carbonyl (C=O) groups excluding carboxylic acids is 1. The van der Waals surface area contributed by atoms with Crippen LogP contribution in [0.4, 0.5) is 0 Å². The average Bonchev–Trinajstić information content (AvgIpc) is 3.31. The molecule has 1 aromatic carbocycles. The van der Waals surface area contributed by atoms with Gasteiger partial charge < -0.3 is 9.15 Å². The number of aromatic amines is 1. The van der Waals surface area contributed by atoms with Crippen molar-refractivity contribution in [1.82, 2.24) is 15.6 Å². The number of hydrogen-bond acceptors (Lipinski definition) is 5. The monoisotopic (exact) mass is 338 g/mol. The second kappa shape index (κ2) is 7.48. The van der Waals surface area contributed by atoms with Crippen LogP contribution in [0.25, 0.3) is 11.5 Å². The molecule has 2 heterocycles. The Kier molecular flexibility index (Phi) is 4.94. The molecule has 2 aromatic heterocycles. The van der Waals surface area contributed by atoms with Gasteiger partial charge in [-0.15, -0.1) is 0 Å². The van der Waals surface area contributed by atoms with Crippen LogP contribution < -0.4 is 10.2 Å². The topological polar surface area (TPSA) is 92.5 Å². The van der Waals surface area contributed by atoms with Crippen molar-refractivity contribution in [3.8, 4) is 17.2 Å². The number of nitrogens with one attached hydrogen (secondary N) is 2. The fourth-order valence-electron chi connectivity index (χ4n) is 2.21. The first-order valence-corrected chi connectivity index (χ1v) is 7.84. The van der Waals surface area contributed by atoms with Gasteiger partial charge in [0.15, 0.2) is 11.5 Å². The molecule has 25 heavy (non-hydrogen) atoms. The summed E-state index contributed by atoms with van der Waals surface area (Å²) in [5.41, 5.74) is 4.93. The predicted octanol–water partition coefficient (Wildman–Crippen LogP) is 3.22. The molecule has 0 bridgehead atoms. The predicted molar refractivity (Wildman–Crippen MR) is 93.6 cm³/mol. The van der Waals surface area contributed by atoms with Crippen molar-refractivity contribution in [2.45, 2.75) is 13.8 Å². The summed E-state index contributed by atoms with van der Waals surface area (Å²) in [6, 6.07) is 12.7. The molecular weight excluding hydrogens is 320 g/mol. The lowest BCUT2D eigenvalue weighted by Crippen LogP contribution is -2.19. The summed E-state index contributed by atoms with van der Waals surface area (Å²) in [6.45, 7) is 4.36. The van der Waals surface area contributed by atoms with Gasteiger partial charge in [0.1, 0.15) is 11.4 Å². The van der Waals surface area contributed by atoms with Crippen molar-refractivity contribution in [1.29, 1.82) is 0 Å². The largest absolute Gasteiger partial charge is 0.494 e. The Bertz CT molecular complexity index is 864. The molecule has 7 heteroatoms. The highest BCUT2D eigenvalue weighted by atomic mass is 16.5. The number of H-pyrrole nitrogens is 1. The number of ether oxygens (including phenoxy) is 1. The van der Waals surface area contributed by atoms with Crippen LogP contribution in [0.2, 0.25) is 0 Å². The molecule has 3 rings (SSSR count). The van der Waals surface area contributed by atoms with Crippen LogP contribution in [0.3, 0.4) is 0 Å². The van der Waals surface area contributed by atoms with E-state index in [4.69, 9.17) is 9.15 Å². The fourth-order valence-corrected chi connectivity index (χ4v) is 2.21. The maximum Gasteiger partial charge on any atom is 0.291 e. The number of hydrogen-bond donors (Lipinski definition) is 2. The van der Waals surface area contributed by atoms with Gasteiger partial charge in [0.05, 0.1) is 18.6 Å². The molecule has 3 aromatic rings. The molecule has 0 saturated carbocycles. The van der Waals surface area contributed by atoms with E-state index in [-0.39, 0.29) is 5.69 Å². The van der Waals surface area contributed by atoms with Gasteiger partial charge in [0, 0.05) is 6.07 Å². The molecule has 0 spiro atoms. The lowest BCUT2D eigenvalue weighted by molar-refractivity contribution is 0.0950. The van der Waals surface area contributed by atoms with Gasteiger partial charge in [-0.2, -0.15) is 10.2 Å². The summed E-state index contributed by atoms with van der Waals surface area (Å²) in [6.07, 6.45) is 1.56. The Labute approximate surface area is 144 Å². The zero-order valence-corrected chi connectivity index (χ0v) is 13.9. The first-order valence-electron chi connectivity index (χ1n) is 7.84. The quantitative estimate of drug-likeness (QED) is 0.533. The van der Waals surface area contributed by atoms with E-state index in [9.17, 15) is 4.79 Å². The highest BCUT2D eigenvalue weighted by Crippen LogP contribution is 2.17. The van der Waals surface area contributed by atoms with E-state index < -0.39 is 5.91 Å². The van der Waals surface area contributed by atoms with E-state index in [1.807, 2.05) is 38.1 Å². The van der Waals surface area contributed by atoms with E-state index in [1.165, 1.54) is 0 Å². The van der Waals surface area contributed by atoms with Gasteiger partial charge in [-0.25, -0.2) is 5.43 Å². The van der Waals surface area contributed by atoms with Gasteiger partial charge in [-0.1, -0.05) is 0 Å². The zero-order valence-electron chi connectivity index (χ0n) is 13.9. The Balaban J connectivity index is 1.65. The van der Waals surface area contributed by atoms with Crippen molar-refractivity contribution in [2.75, 3.05) is 6.61 Å². The first kappa shape index (κ1) is 16.5. The summed E-state index contributed by atoms with van der Waals surface area (Å²) in [7, 11) is 0. The molecule has 0 atom stereocenters. The zero-order chi connectivity index (χ0) is 17.6. The van der Waals surface area contributed by atoms with E-state index >= 15 is 0 Å². The third-order valence-corrected chi connectivity index (χ3v) is 3.51. The summed E-state index contributed by atoms with van der Waals surface area (Å²) in [5, 5.41) is 10.8. The summed E-state index contributed by atoms with van der Waals surface area (Å²) in [5.74, 6) is 1.00. The SMILES string of the molecule is CCOc1ccc(C(C)=NNC(=O)c2cc(-c3ccco3)[nH]n2)cc1. The number of nitrogens with zero attached hydrogens (tertiary/aromatic N) is 2. The van der Waals surface area contributed by atoms with Crippen LogP contribution in [-0.2, 0) is 0 Å². The van der Waals surface area contributed by atoms with Crippen LogP contribution in [0.1, 0.15) is 29.9 Å². The van der Waals surface area contributed by atoms with Gasteiger partial charge in [-0.3, -0.25) is 9.89 Å². The molecule has 0 aliphatic carbocycles. The van der Waals surface area contributed by atoms with Crippen LogP contribution in [0, 0.1) is 0 Å². The smallest absolute Gasteiger partial charge is 0.291 e. The van der Waals surface area contributed by atoms with Crippen LogP contribution >= 0.6 is 0 Å². The molecule has 0 aliphatic rings. The Hall–Kier alpha value is -3.35. The van der Waals surface area contributed by atoms with Crippen molar-refractivity contribution in [3.63, 3.8) is 0 Å². The van der Waals surface area contributed by atoms with Gasteiger partial charge in [-0.05, 0) is 55.8 Å². The van der Waals surface area contributed by atoms with Crippen LogP contribution in [0.15, 0.2) is 58.2 Å². The van der Waals surface area contributed by atoms with Gasteiger partial charge >= 0.3 is 0 Å². The summed E-state index contributed by atoms with van der Waals surface area (Å²) >= 11 is 0. The number of rotatable bonds is 6. The van der Waals surface area contributed by atoms with Crippen molar-refractivity contribution in [3.05, 3.63) is 60.0 Å². The lowest BCUT2D eigenvalue weighted by atomic mass is 10.1. The highest BCUT2D eigenvalue weighted by Gasteiger charge is 2.12. The molecule has 0 aliphatic heterocycles. The second-order valence-corrected chi connectivity index (χ2v) is 5.24. The van der Waals surface area contributed by atoms with Crippen LogP contribution in [-0.4, -0.2) is 28.4 Å². The average molecular weight is 338 g/mol. The maximum absolute atomic E-state index is 12.2. The first-order chi connectivity index (χ1) is 12.2. The minimum atomic E-state index is -0.403. The highest BCUT2D eigenvalue weighted by molar-refractivity contribution is 6.00. The van der Waals surface area contributed by atoms with Crippen LogP contribution in [0.5, 0.6) is 5.75 Å². The number of carbonyl (C=O) groups is 1. The molecule has 128 valence electrons. The number of benzene rings is 1. The van der Waals surface area contributed by atoms with Crippen molar-refractivity contribution < 1.29 is 13.9 Å². The minimum Gasteiger partial charge on any atom is -0.494 e. The molecular formula is C18H18N4O3. The molecule has 0 radical (unpaired) electrons. The molecule has 0 unspecified atom stereocenters. The van der Waals surface area contributed by atoms with E-state index in [1.54, 1.807) is 24.5 Å². The second-order valence-electron chi connectivity index (χ2n) is 5.24. The normalized spacial score (nSPS) is 11.4. The number of amides is 1. The van der Waals surface area contributed by atoms with Gasteiger partial charge in [0.25, 0.3) is 5.91 Å². The number of furan rings is 1. The summed E-state index contributed by atoms with van der Waals surface area (Å²) in [4.78, 5) is 12.2. The minimum absolute atomic E-state index is 0.231. The Morgan fingerprint density at radius 3 is 2.80 bits per heavy atom. The molecule has 7 nitrogen and oxygen atoms in total. The third kappa shape index (κ3) is 3.95. The Morgan fingerprint density at radius 1 is 1.32 bits per heavy atom. The number of aromatic nitrogens is 2. The molecule has 0 saturated heterocycles. The fraction of sp³-hybridized carbons (Fsp3) is 0.167. The van der Waals surface area contributed by atoms with E-state index in [0.29, 0.717) is 23.8 Å². The molecule has 1 amide bonds.